The first kappa shape index (κ1) is 23.3. The van der Waals surface area contributed by atoms with Gasteiger partial charge in [0.05, 0.1) is 43.7 Å². The summed E-state index contributed by atoms with van der Waals surface area (Å²) >= 11 is 0. The zero-order valence-corrected chi connectivity index (χ0v) is 18.2. The second-order valence-corrected chi connectivity index (χ2v) is 10.2. The van der Waals surface area contributed by atoms with Crippen LogP contribution >= 0.6 is 0 Å². The third-order valence-electron chi connectivity index (χ3n) is 8.40. The molecule has 32 heavy (non-hydrogen) atoms. The fraction of sp³-hybridized carbons (Fsp3) is 0.571. The molecular weight excluding hydrogens is 440 g/mol. The molecule has 10 nitrogen and oxygen atoms in total. The van der Waals surface area contributed by atoms with Crippen LogP contribution in [0.5, 0.6) is 0 Å². The van der Waals surface area contributed by atoms with Gasteiger partial charge in [-0.25, -0.2) is 8.42 Å². The van der Waals surface area contributed by atoms with Crippen molar-refractivity contribution in [3.63, 3.8) is 0 Å². The van der Waals surface area contributed by atoms with Crippen LogP contribution in [0.15, 0.2) is 35.9 Å². The van der Waals surface area contributed by atoms with Crippen LogP contribution in [0.3, 0.4) is 0 Å². The Balaban J connectivity index is 0.000000320. The van der Waals surface area contributed by atoms with E-state index in [0.29, 0.717) is 36.9 Å². The molecule has 1 amide bonds. The minimum Gasteiger partial charge on any atom is -0.726 e. The molecule has 1 aromatic carbocycles. The number of piperidine rings is 2. The number of carbonyl (C=O) groups is 1. The summed E-state index contributed by atoms with van der Waals surface area (Å²) in [6.45, 7) is 3.15. The van der Waals surface area contributed by atoms with Crippen molar-refractivity contribution in [2.45, 2.75) is 42.9 Å². The number of rotatable bonds is 0. The van der Waals surface area contributed by atoms with Crippen molar-refractivity contribution in [1.82, 2.24) is 0 Å². The molecule has 5 aliphatic heterocycles. The maximum atomic E-state index is 13.2. The maximum absolute atomic E-state index is 13.2. The van der Waals surface area contributed by atoms with Crippen molar-refractivity contribution in [2.24, 2.45) is 11.8 Å². The minimum atomic E-state index is -4.92. The SMILES string of the molecule is O.O.O=C1C[C@@H]2OCC=C3C[NH+]4CC[C@]56c7ccccc7N1[C@H]5[C@H]2[C@H]3C[C@H]46.O=S(=O)([O-])O. The Morgan fingerprint density at radius 2 is 1.97 bits per heavy atom. The van der Waals surface area contributed by atoms with Gasteiger partial charge in [0.1, 0.15) is 6.04 Å². The Bertz CT molecular complexity index is 1070. The first-order valence-electron chi connectivity index (χ1n) is 10.5. The molecular formula is C21H28N2O8S. The van der Waals surface area contributed by atoms with E-state index in [9.17, 15) is 4.79 Å². The lowest BCUT2D eigenvalue weighted by Crippen LogP contribution is -3.16. The van der Waals surface area contributed by atoms with Gasteiger partial charge in [-0.15, -0.1) is 0 Å². The van der Waals surface area contributed by atoms with Crippen molar-refractivity contribution >= 4 is 22.0 Å². The van der Waals surface area contributed by atoms with Crippen LogP contribution in [0.25, 0.3) is 0 Å². The predicted molar refractivity (Wildman–Crippen MR) is 112 cm³/mol. The molecule has 11 heteroatoms. The van der Waals surface area contributed by atoms with Crippen molar-refractivity contribution in [1.29, 1.82) is 0 Å². The highest BCUT2D eigenvalue weighted by Crippen LogP contribution is 2.62. The van der Waals surface area contributed by atoms with Gasteiger partial charge in [0.2, 0.25) is 16.3 Å². The van der Waals surface area contributed by atoms with Crippen molar-refractivity contribution in [3.8, 4) is 0 Å². The molecule has 176 valence electrons. The van der Waals surface area contributed by atoms with Gasteiger partial charge in [0.15, 0.2) is 0 Å². The van der Waals surface area contributed by atoms with Gasteiger partial charge in [-0.05, 0) is 23.1 Å². The summed E-state index contributed by atoms with van der Waals surface area (Å²) in [4.78, 5) is 17.2. The van der Waals surface area contributed by atoms with Crippen molar-refractivity contribution < 1.29 is 42.9 Å². The Hall–Kier alpha value is -1.86. The van der Waals surface area contributed by atoms with E-state index < -0.39 is 10.4 Å². The monoisotopic (exact) mass is 468 g/mol. The van der Waals surface area contributed by atoms with E-state index >= 15 is 0 Å². The number of fused-ring (bicyclic) bond motifs is 2. The van der Waals surface area contributed by atoms with Gasteiger partial charge in [0, 0.05) is 24.4 Å². The summed E-state index contributed by atoms with van der Waals surface area (Å²) in [6, 6.07) is 9.78. The fourth-order valence-electron chi connectivity index (χ4n) is 7.73. The van der Waals surface area contributed by atoms with E-state index in [0.717, 1.165) is 0 Å². The molecule has 0 aromatic heterocycles. The van der Waals surface area contributed by atoms with Crippen LogP contribution in [0.4, 0.5) is 5.69 Å². The number of ether oxygens (including phenoxy) is 1. The van der Waals surface area contributed by atoms with E-state index in [-0.39, 0.29) is 28.4 Å². The largest absolute Gasteiger partial charge is 0.726 e. The molecule has 5 heterocycles. The van der Waals surface area contributed by atoms with E-state index in [4.69, 9.17) is 22.3 Å². The number of nitrogens with one attached hydrogen (secondary N) is 1. The number of anilines is 1. The first-order chi connectivity index (χ1) is 14.3. The minimum absolute atomic E-state index is 0. The molecule has 3 saturated heterocycles. The topological polar surface area (TPSA) is 174 Å². The van der Waals surface area contributed by atoms with E-state index in [1.165, 1.54) is 37.2 Å². The lowest BCUT2D eigenvalue weighted by atomic mass is 9.53. The number of quaternary nitrogens is 1. The van der Waals surface area contributed by atoms with E-state index in [1.807, 2.05) is 0 Å². The zero-order valence-electron chi connectivity index (χ0n) is 17.4. The van der Waals surface area contributed by atoms with Gasteiger partial charge in [0.25, 0.3) is 0 Å². The van der Waals surface area contributed by atoms with Gasteiger partial charge in [-0.3, -0.25) is 9.35 Å². The lowest BCUT2D eigenvalue weighted by Gasteiger charge is -2.56. The van der Waals surface area contributed by atoms with Gasteiger partial charge < -0.3 is 30.0 Å². The number of para-hydroxylation sites is 1. The van der Waals surface area contributed by atoms with Crippen molar-refractivity contribution in [2.75, 3.05) is 24.6 Å². The number of amides is 1. The Morgan fingerprint density at radius 1 is 1.25 bits per heavy atom. The highest BCUT2D eigenvalue weighted by atomic mass is 32.3. The summed E-state index contributed by atoms with van der Waals surface area (Å²) in [5.41, 5.74) is 4.46. The molecule has 6 N–H and O–H groups in total. The molecule has 1 unspecified atom stereocenters. The highest BCUT2D eigenvalue weighted by Gasteiger charge is 2.73. The molecule has 1 aromatic rings. The summed E-state index contributed by atoms with van der Waals surface area (Å²) in [6.07, 6.45) is 5.54. The summed E-state index contributed by atoms with van der Waals surface area (Å²) < 4.78 is 39.1. The maximum Gasteiger partial charge on any atom is 0.229 e. The molecule has 6 aliphatic rings. The van der Waals surface area contributed by atoms with Gasteiger partial charge in [-0.2, -0.15) is 0 Å². The summed E-state index contributed by atoms with van der Waals surface area (Å²) in [5.74, 6) is 1.39. The molecule has 4 fully saturated rings. The van der Waals surface area contributed by atoms with Gasteiger partial charge >= 0.3 is 0 Å². The Morgan fingerprint density at radius 3 is 2.72 bits per heavy atom. The number of nitrogens with zero attached hydrogens (tertiary/aromatic N) is 1. The molecule has 1 spiro atoms. The summed E-state index contributed by atoms with van der Waals surface area (Å²) in [7, 11) is -4.92. The number of hydrogen-bond donors (Lipinski definition) is 2. The van der Waals surface area contributed by atoms with E-state index in [1.54, 1.807) is 10.5 Å². The van der Waals surface area contributed by atoms with Crippen molar-refractivity contribution in [3.05, 3.63) is 41.5 Å². The molecule has 7 atom stereocenters. The second kappa shape index (κ2) is 7.59. The molecule has 2 bridgehead atoms. The zero-order chi connectivity index (χ0) is 20.8. The summed E-state index contributed by atoms with van der Waals surface area (Å²) in [5, 5.41) is 0. The number of carbonyl (C=O) groups excluding carboxylic acids is 1. The van der Waals surface area contributed by atoms with Crippen LogP contribution < -0.4 is 9.80 Å². The third-order valence-corrected chi connectivity index (χ3v) is 8.40. The first-order valence-corrected chi connectivity index (χ1v) is 11.9. The standard InChI is InChI=1S/C21H22N2O2.H2O4S.2H2O/c24-18-10-16-19-13-9-17-21(6-7-22(17)11-12(13)5-8-25-16)14-3-1-2-4-15(14)23(18)20(19)21;1-5(2,3)4;;/h1-5,13,16-17,19-20H,6-11H2;(H2,1,2,3,4);2*1H2/t13-,16-,17-,19-,20-,21+;;;/m0.../s1. The molecule has 0 radical (unpaired) electrons. The van der Waals surface area contributed by atoms with Gasteiger partial charge in [-0.1, -0.05) is 24.3 Å². The predicted octanol–water partition coefficient (Wildman–Crippen LogP) is -1.97. The fourth-order valence-corrected chi connectivity index (χ4v) is 7.73. The van der Waals surface area contributed by atoms with Crippen LogP contribution in [-0.2, 0) is 25.3 Å². The highest BCUT2D eigenvalue weighted by molar-refractivity contribution is 7.79. The Labute approximate surface area is 186 Å². The third kappa shape index (κ3) is 3.00. The number of hydrogen-bond acceptors (Lipinski definition) is 5. The quantitative estimate of drug-likeness (QED) is 0.254. The second-order valence-electron chi connectivity index (χ2n) is 9.36. The molecule has 7 rings (SSSR count). The number of benzene rings is 1. The average Bonchev–Trinajstić information content (AvgIpc) is 3.15. The lowest BCUT2D eigenvalue weighted by molar-refractivity contribution is -0.916. The van der Waals surface area contributed by atoms with E-state index in [2.05, 4.69) is 35.2 Å². The van der Waals surface area contributed by atoms with Crippen LogP contribution in [0.2, 0.25) is 0 Å². The van der Waals surface area contributed by atoms with Crippen LogP contribution in [0.1, 0.15) is 24.8 Å². The van der Waals surface area contributed by atoms with Crippen LogP contribution in [0, 0.1) is 11.8 Å². The normalized spacial score (nSPS) is 39.4. The van der Waals surface area contributed by atoms with Crippen LogP contribution in [-0.4, -0.2) is 72.3 Å². The Kier molecular flexibility index (Phi) is 5.53. The smallest absolute Gasteiger partial charge is 0.229 e. The molecule has 1 saturated carbocycles. The average molecular weight is 469 g/mol. The molecule has 1 aliphatic carbocycles.